The number of ketones is 1. The molecule has 1 amide bonds. The third-order valence-corrected chi connectivity index (χ3v) is 5.10. The molecule has 2 aliphatic rings. The molecule has 7 heteroatoms. The van der Waals surface area contributed by atoms with Crippen LogP contribution in [0.1, 0.15) is 49.5 Å². The summed E-state index contributed by atoms with van der Waals surface area (Å²) in [6.45, 7) is 6.16. The number of morpholine rings is 1. The van der Waals surface area contributed by atoms with Gasteiger partial charge in [0.1, 0.15) is 11.4 Å². The van der Waals surface area contributed by atoms with Crippen LogP contribution in [0.15, 0.2) is 18.2 Å². The number of rotatable bonds is 3. The zero-order chi connectivity index (χ0) is 20.5. The molecule has 6 nitrogen and oxygen atoms in total. The van der Waals surface area contributed by atoms with E-state index in [4.69, 9.17) is 14.7 Å². The van der Waals surface area contributed by atoms with Crippen LogP contribution in [0.5, 0.6) is 0 Å². The smallest absolute Gasteiger partial charge is 0.410 e. The Morgan fingerprint density at radius 1 is 1.29 bits per heavy atom. The molecule has 0 saturated carbocycles. The van der Waals surface area contributed by atoms with Gasteiger partial charge >= 0.3 is 6.09 Å². The minimum atomic E-state index is -0.596. The largest absolute Gasteiger partial charge is 0.444 e. The summed E-state index contributed by atoms with van der Waals surface area (Å²) in [5, 5.41) is 8.72. The van der Waals surface area contributed by atoms with E-state index >= 15 is 0 Å². The number of nitriles is 1. The van der Waals surface area contributed by atoms with Crippen LogP contribution in [0.3, 0.4) is 0 Å². The molecule has 2 unspecified atom stereocenters. The monoisotopic (exact) mass is 388 g/mol. The van der Waals surface area contributed by atoms with Gasteiger partial charge in [-0.3, -0.25) is 9.69 Å². The Morgan fingerprint density at radius 2 is 1.93 bits per heavy atom. The Bertz CT molecular complexity index is 798. The van der Waals surface area contributed by atoms with Crippen LogP contribution in [-0.2, 0) is 15.9 Å². The second-order valence-corrected chi connectivity index (χ2v) is 8.41. The van der Waals surface area contributed by atoms with Gasteiger partial charge in [0.25, 0.3) is 0 Å². The van der Waals surface area contributed by atoms with Crippen molar-refractivity contribution in [3.05, 3.63) is 35.1 Å². The van der Waals surface area contributed by atoms with Gasteiger partial charge in [-0.05, 0) is 39.7 Å². The van der Waals surface area contributed by atoms with Gasteiger partial charge in [-0.2, -0.15) is 5.26 Å². The molecular weight excluding hydrogens is 363 g/mol. The van der Waals surface area contributed by atoms with Gasteiger partial charge in [0.15, 0.2) is 5.78 Å². The minimum Gasteiger partial charge on any atom is -0.444 e. The van der Waals surface area contributed by atoms with E-state index in [0.717, 1.165) is 0 Å². The highest BCUT2D eigenvalue weighted by Gasteiger charge is 2.45. The Hall–Kier alpha value is -2.46. The van der Waals surface area contributed by atoms with Crippen LogP contribution >= 0.6 is 0 Å². The summed E-state index contributed by atoms with van der Waals surface area (Å²) >= 11 is 0. The minimum absolute atomic E-state index is 0.0317. The molecule has 2 atom stereocenters. The van der Waals surface area contributed by atoms with E-state index in [0.29, 0.717) is 31.6 Å². The first kappa shape index (κ1) is 20.3. The number of nitrogens with zero attached hydrogens (tertiary/aromatic N) is 2. The maximum absolute atomic E-state index is 14.1. The molecule has 2 aliphatic heterocycles. The maximum atomic E-state index is 14.1. The average Bonchev–Trinajstić information content (AvgIpc) is 2.60. The van der Waals surface area contributed by atoms with Crippen molar-refractivity contribution in [1.29, 1.82) is 5.26 Å². The highest BCUT2D eigenvalue weighted by molar-refractivity contribution is 5.98. The molecule has 150 valence electrons. The van der Waals surface area contributed by atoms with Crippen molar-refractivity contribution in [3.8, 4) is 6.07 Å². The standard InChI is InChI=1S/C21H25FN2O4/c1-21(2,3)28-20(26)24-16-8-15(9-17(24)12-27-11-16)19(25)14-5-4-13(6-7-23)18(22)10-14/h4-5,10,15-17H,6,8-9,11-12H2,1-3H3. The summed E-state index contributed by atoms with van der Waals surface area (Å²) in [7, 11) is 0. The highest BCUT2D eigenvalue weighted by atomic mass is 19.1. The SMILES string of the molecule is CC(C)(C)OC(=O)N1C2COCC1CC(C(=O)c1ccc(CC#N)c(F)c1)C2. The second kappa shape index (κ2) is 7.88. The Morgan fingerprint density at radius 3 is 2.46 bits per heavy atom. The first-order valence-corrected chi connectivity index (χ1v) is 9.48. The Labute approximate surface area is 164 Å². The molecule has 1 aromatic rings. The number of Topliss-reactive ketones (excluding diaryl/α,β-unsaturated/α-hetero) is 1. The van der Waals surface area contributed by atoms with E-state index in [9.17, 15) is 14.0 Å². The molecule has 3 rings (SSSR count). The molecule has 28 heavy (non-hydrogen) atoms. The molecule has 0 radical (unpaired) electrons. The third kappa shape index (κ3) is 4.33. The zero-order valence-corrected chi connectivity index (χ0v) is 16.4. The number of fused-ring (bicyclic) bond motifs is 2. The van der Waals surface area contributed by atoms with Gasteiger partial charge in [-0.1, -0.05) is 12.1 Å². The lowest BCUT2D eigenvalue weighted by molar-refractivity contribution is -0.0861. The number of hydrogen-bond donors (Lipinski definition) is 0. The normalized spacial score (nSPS) is 24.4. The zero-order valence-electron chi connectivity index (χ0n) is 16.4. The lowest BCUT2D eigenvalue weighted by atomic mass is 9.80. The number of hydrogen-bond acceptors (Lipinski definition) is 5. The van der Waals surface area contributed by atoms with Crippen molar-refractivity contribution in [2.75, 3.05) is 13.2 Å². The van der Waals surface area contributed by atoms with Gasteiger partial charge in [0.05, 0.1) is 37.8 Å². The number of halogens is 1. The van der Waals surface area contributed by atoms with Crippen molar-refractivity contribution >= 4 is 11.9 Å². The topological polar surface area (TPSA) is 79.6 Å². The maximum Gasteiger partial charge on any atom is 0.410 e. The lowest BCUT2D eigenvalue weighted by Crippen LogP contribution is -2.60. The molecule has 0 N–H and O–H groups in total. The van der Waals surface area contributed by atoms with Crippen LogP contribution < -0.4 is 0 Å². The fraction of sp³-hybridized carbons (Fsp3) is 0.571. The van der Waals surface area contributed by atoms with Crippen molar-refractivity contribution in [1.82, 2.24) is 4.90 Å². The molecule has 0 spiro atoms. The summed E-state index contributed by atoms with van der Waals surface area (Å²) in [6.07, 6.45) is 0.492. The van der Waals surface area contributed by atoms with Crippen LogP contribution in [0.25, 0.3) is 0 Å². The predicted molar refractivity (Wildman–Crippen MR) is 99.2 cm³/mol. The molecule has 0 aliphatic carbocycles. The van der Waals surface area contributed by atoms with E-state index in [1.807, 2.05) is 26.8 Å². The van der Waals surface area contributed by atoms with E-state index in [-0.39, 0.29) is 41.9 Å². The Balaban J connectivity index is 1.75. The van der Waals surface area contributed by atoms with Crippen molar-refractivity contribution in [2.24, 2.45) is 5.92 Å². The summed E-state index contributed by atoms with van der Waals surface area (Å²) in [4.78, 5) is 27.3. The van der Waals surface area contributed by atoms with Crippen LogP contribution in [0.2, 0.25) is 0 Å². The fourth-order valence-electron chi connectivity index (χ4n) is 3.91. The summed E-state index contributed by atoms with van der Waals surface area (Å²) in [5.41, 5.74) is -0.0142. The molecule has 2 bridgehead atoms. The fourth-order valence-corrected chi connectivity index (χ4v) is 3.91. The highest BCUT2D eigenvalue weighted by Crippen LogP contribution is 2.34. The molecule has 2 fully saturated rings. The Kier molecular flexibility index (Phi) is 5.71. The van der Waals surface area contributed by atoms with Gasteiger partial charge in [-0.15, -0.1) is 0 Å². The van der Waals surface area contributed by atoms with Gasteiger partial charge in [0.2, 0.25) is 0 Å². The molecule has 2 saturated heterocycles. The number of piperidine rings is 1. The van der Waals surface area contributed by atoms with E-state index in [1.54, 1.807) is 11.0 Å². The first-order valence-electron chi connectivity index (χ1n) is 9.48. The molecule has 2 heterocycles. The third-order valence-electron chi connectivity index (χ3n) is 5.10. The molecular formula is C21H25FN2O4. The summed E-state index contributed by atoms with van der Waals surface area (Å²) in [5.74, 6) is -0.982. The van der Waals surface area contributed by atoms with E-state index in [2.05, 4.69) is 0 Å². The number of amides is 1. The number of ether oxygens (including phenoxy) is 2. The second-order valence-electron chi connectivity index (χ2n) is 8.41. The van der Waals surface area contributed by atoms with Crippen LogP contribution in [0, 0.1) is 23.1 Å². The van der Waals surface area contributed by atoms with Crippen LogP contribution in [-0.4, -0.2) is 47.7 Å². The van der Waals surface area contributed by atoms with Crippen molar-refractivity contribution in [2.45, 2.75) is 57.7 Å². The van der Waals surface area contributed by atoms with Crippen LogP contribution in [0.4, 0.5) is 9.18 Å². The number of benzene rings is 1. The van der Waals surface area contributed by atoms with Crippen molar-refractivity contribution in [3.63, 3.8) is 0 Å². The first-order chi connectivity index (χ1) is 13.2. The van der Waals surface area contributed by atoms with Gasteiger partial charge < -0.3 is 9.47 Å². The summed E-state index contributed by atoms with van der Waals surface area (Å²) in [6, 6.07) is 5.71. The number of carbonyl (C=O) groups excluding carboxylic acids is 2. The van der Waals surface area contributed by atoms with E-state index in [1.165, 1.54) is 12.1 Å². The lowest BCUT2D eigenvalue weighted by Gasteiger charge is -2.47. The quantitative estimate of drug-likeness (QED) is 0.741. The molecule has 0 aromatic heterocycles. The average molecular weight is 388 g/mol. The van der Waals surface area contributed by atoms with Gasteiger partial charge in [0, 0.05) is 17.0 Å². The molecule has 1 aromatic carbocycles. The predicted octanol–water partition coefficient (Wildman–Crippen LogP) is 3.49. The van der Waals surface area contributed by atoms with E-state index < -0.39 is 11.4 Å². The number of carbonyl (C=O) groups is 2. The van der Waals surface area contributed by atoms with Gasteiger partial charge in [-0.25, -0.2) is 9.18 Å². The summed E-state index contributed by atoms with van der Waals surface area (Å²) < 4.78 is 25.2. The van der Waals surface area contributed by atoms with Crippen molar-refractivity contribution < 1.29 is 23.5 Å².